The highest BCUT2D eigenvalue weighted by Gasteiger charge is 2.14. The summed E-state index contributed by atoms with van der Waals surface area (Å²) in [5.74, 6) is -0.162. The Kier molecular flexibility index (Phi) is 9.33. The van der Waals surface area contributed by atoms with Crippen molar-refractivity contribution in [2.75, 3.05) is 7.11 Å². The Bertz CT molecular complexity index is 653. The van der Waals surface area contributed by atoms with Gasteiger partial charge in [-0.05, 0) is 12.8 Å². The summed E-state index contributed by atoms with van der Waals surface area (Å²) < 4.78 is 4.83. The summed E-state index contributed by atoms with van der Waals surface area (Å²) in [6, 6.07) is 20.7. The van der Waals surface area contributed by atoms with Crippen molar-refractivity contribution in [3.05, 3.63) is 71.8 Å². The molecule has 1 atom stereocenters. The first kappa shape index (κ1) is 20.9. The Morgan fingerprint density at radius 1 is 0.889 bits per heavy atom. The topological polar surface area (TPSA) is 38.7 Å². The van der Waals surface area contributed by atoms with E-state index >= 15 is 0 Å². The van der Waals surface area contributed by atoms with Gasteiger partial charge >= 0.3 is 5.97 Å². The van der Waals surface area contributed by atoms with Crippen LogP contribution >= 0.6 is 0 Å². The average Bonchev–Trinajstić information content (AvgIpc) is 2.73. The second-order valence-electron chi connectivity index (χ2n) is 6.83. The number of carbonyl (C=O) groups excluding carboxylic acids is 1. The molecular weight excluding hydrogens is 334 g/mol. The van der Waals surface area contributed by atoms with Gasteiger partial charge in [-0.3, -0.25) is 9.79 Å². The Balaban J connectivity index is 2.26. The molecule has 0 saturated heterocycles. The molecule has 2 rings (SSSR count). The molecule has 0 amide bonds. The average molecular weight is 366 g/mol. The molecule has 3 nitrogen and oxygen atoms in total. The van der Waals surface area contributed by atoms with Crippen molar-refractivity contribution in [2.45, 2.75) is 57.9 Å². The van der Waals surface area contributed by atoms with E-state index in [1.54, 1.807) is 0 Å². The molecule has 0 spiro atoms. The van der Waals surface area contributed by atoms with Crippen molar-refractivity contribution in [1.82, 2.24) is 0 Å². The highest BCUT2D eigenvalue weighted by atomic mass is 16.5. The molecule has 0 radical (unpaired) electrons. The number of carbonyl (C=O) groups is 1. The van der Waals surface area contributed by atoms with Gasteiger partial charge in [-0.2, -0.15) is 0 Å². The molecule has 0 bridgehead atoms. The third kappa shape index (κ3) is 7.38. The molecule has 0 fully saturated rings. The second kappa shape index (κ2) is 12.1. The number of unbranched alkanes of at least 4 members (excludes halogenated alkanes) is 3. The van der Waals surface area contributed by atoms with Gasteiger partial charge in [-0.15, -0.1) is 0 Å². The van der Waals surface area contributed by atoms with Crippen LogP contribution in [0.1, 0.15) is 63.0 Å². The summed E-state index contributed by atoms with van der Waals surface area (Å²) >= 11 is 0. The van der Waals surface area contributed by atoms with Crippen LogP contribution in [-0.4, -0.2) is 24.8 Å². The van der Waals surface area contributed by atoms with Gasteiger partial charge < -0.3 is 4.74 Å². The standard InChI is InChI=1S/C24H31NO2/c1-3-4-5-12-17-22(18-19-23(26)27-2)25-24(20-13-8-6-9-14-20)21-15-10-7-11-16-21/h6-11,13-16,22H,3-5,12,17-19H2,1-2H3. The fourth-order valence-electron chi connectivity index (χ4n) is 3.16. The van der Waals surface area contributed by atoms with Crippen LogP contribution in [0.3, 0.4) is 0 Å². The monoisotopic (exact) mass is 365 g/mol. The molecule has 0 aliphatic carbocycles. The van der Waals surface area contributed by atoms with Gasteiger partial charge in [0.25, 0.3) is 0 Å². The first-order valence-electron chi connectivity index (χ1n) is 10.00. The Hall–Kier alpha value is -2.42. The second-order valence-corrected chi connectivity index (χ2v) is 6.83. The van der Waals surface area contributed by atoms with E-state index in [9.17, 15) is 4.79 Å². The predicted octanol–water partition coefficient (Wildman–Crippen LogP) is 5.82. The van der Waals surface area contributed by atoms with Crippen LogP contribution < -0.4 is 0 Å². The summed E-state index contributed by atoms with van der Waals surface area (Å²) in [4.78, 5) is 16.8. The Morgan fingerprint density at radius 2 is 1.48 bits per heavy atom. The molecule has 3 heteroatoms. The molecule has 0 heterocycles. The third-order valence-electron chi connectivity index (χ3n) is 4.71. The summed E-state index contributed by atoms with van der Waals surface area (Å²) in [6.45, 7) is 2.22. The van der Waals surface area contributed by atoms with E-state index in [4.69, 9.17) is 9.73 Å². The van der Waals surface area contributed by atoms with Crippen molar-refractivity contribution in [2.24, 2.45) is 4.99 Å². The molecule has 2 aromatic carbocycles. The number of hydrogen-bond donors (Lipinski definition) is 0. The highest BCUT2D eigenvalue weighted by molar-refractivity contribution is 6.12. The van der Waals surface area contributed by atoms with Crippen LogP contribution in [0.5, 0.6) is 0 Å². The molecule has 144 valence electrons. The van der Waals surface area contributed by atoms with Crippen molar-refractivity contribution < 1.29 is 9.53 Å². The minimum absolute atomic E-state index is 0.122. The fraction of sp³-hybridized carbons (Fsp3) is 0.417. The third-order valence-corrected chi connectivity index (χ3v) is 4.71. The number of esters is 1. The lowest BCUT2D eigenvalue weighted by Crippen LogP contribution is -2.14. The molecule has 0 aromatic heterocycles. The minimum Gasteiger partial charge on any atom is -0.469 e. The van der Waals surface area contributed by atoms with Crippen LogP contribution in [-0.2, 0) is 9.53 Å². The lowest BCUT2D eigenvalue weighted by Gasteiger charge is -2.16. The van der Waals surface area contributed by atoms with Gasteiger partial charge in [0.15, 0.2) is 0 Å². The maximum atomic E-state index is 11.6. The van der Waals surface area contributed by atoms with Crippen molar-refractivity contribution >= 4 is 11.7 Å². The molecule has 1 unspecified atom stereocenters. The molecular formula is C24H31NO2. The lowest BCUT2D eigenvalue weighted by atomic mass is 9.99. The van der Waals surface area contributed by atoms with E-state index in [0.717, 1.165) is 36.1 Å². The van der Waals surface area contributed by atoms with Gasteiger partial charge in [0.1, 0.15) is 0 Å². The fourth-order valence-corrected chi connectivity index (χ4v) is 3.16. The molecule has 2 aromatic rings. The van der Waals surface area contributed by atoms with E-state index in [1.807, 2.05) is 36.4 Å². The quantitative estimate of drug-likeness (QED) is 0.286. The molecule has 0 aliphatic heterocycles. The highest BCUT2D eigenvalue weighted by Crippen LogP contribution is 2.18. The van der Waals surface area contributed by atoms with Gasteiger partial charge in [0.2, 0.25) is 0 Å². The number of methoxy groups -OCH3 is 1. The zero-order chi connectivity index (χ0) is 19.3. The lowest BCUT2D eigenvalue weighted by molar-refractivity contribution is -0.140. The maximum absolute atomic E-state index is 11.6. The number of ether oxygens (including phenoxy) is 1. The van der Waals surface area contributed by atoms with Gasteiger partial charge in [0.05, 0.1) is 18.9 Å². The smallest absolute Gasteiger partial charge is 0.305 e. The van der Waals surface area contributed by atoms with E-state index in [0.29, 0.717) is 6.42 Å². The van der Waals surface area contributed by atoms with Crippen LogP contribution in [0, 0.1) is 0 Å². The van der Waals surface area contributed by atoms with Crippen LogP contribution in [0.25, 0.3) is 0 Å². The van der Waals surface area contributed by atoms with E-state index in [2.05, 4.69) is 31.2 Å². The number of rotatable bonds is 11. The van der Waals surface area contributed by atoms with Gasteiger partial charge in [-0.25, -0.2) is 0 Å². The van der Waals surface area contributed by atoms with Crippen molar-refractivity contribution in [3.63, 3.8) is 0 Å². The Morgan fingerprint density at radius 3 is 2.00 bits per heavy atom. The van der Waals surface area contributed by atoms with Gasteiger partial charge in [-0.1, -0.05) is 93.3 Å². The number of aliphatic imine (C=N–C) groups is 1. The summed E-state index contributed by atoms with van der Waals surface area (Å²) in [6.07, 6.45) is 6.96. The van der Waals surface area contributed by atoms with Crippen molar-refractivity contribution in [1.29, 1.82) is 0 Å². The van der Waals surface area contributed by atoms with Crippen LogP contribution in [0.2, 0.25) is 0 Å². The van der Waals surface area contributed by atoms with E-state index in [1.165, 1.54) is 26.4 Å². The normalized spacial score (nSPS) is 11.6. The molecule has 0 N–H and O–H groups in total. The minimum atomic E-state index is -0.162. The largest absolute Gasteiger partial charge is 0.469 e. The predicted molar refractivity (Wildman–Crippen MR) is 112 cm³/mol. The van der Waals surface area contributed by atoms with Crippen molar-refractivity contribution in [3.8, 4) is 0 Å². The van der Waals surface area contributed by atoms with Gasteiger partial charge in [0, 0.05) is 17.5 Å². The number of benzene rings is 2. The zero-order valence-electron chi connectivity index (χ0n) is 16.6. The zero-order valence-corrected chi connectivity index (χ0v) is 16.6. The number of nitrogens with zero attached hydrogens (tertiary/aromatic N) is 1. The molecule has 0 aliphatic rings. The summed E-state index contributed by atoms with van der Waals surface area (Å²) in [5, 5.41) is 0. The van der Waals surface area contributed by atoms with Crippen LogP contribution in [0.15, 0.2) is 65.7 Å². The summed E-state index contributed by atoms with van der Waals surface area (Å²) in [5.41, 5.74) is 3.22. The maximum Gasteiger partial charge on any atom is 0.305 e. The number of hydrogen-bond acceptors (Lipinski definition) is 3. The molecule has 0 saturated carbocycles. The van der Waals surface area contributed by atoms with E-state index in [-0.39, 0.29) is 12.0 Å². The SMILES string of the molecule is CCCCCCC(CCC(=O)OC)N=C(c1ccccc1)c1ccccc1. The first-order chi connectivity index (χ1) is 13.2. The molecule has 27 heavy (non-hydrogen) atoms. The summed E-state index contributed by atoms with van der Waals surface area (Å²) in [7, 11) is 1.45. The Labute approximate surface area is 163 Å². The van der Waals surface area contributed by atoms with Crippen LogP contribution in [0.4, 0.5) is 0 Å². The first-order valence-corrected chi connectivity index (χ1v) is 10.00. The van der Waals surface area contributed by atoms with E-state index < -0.39 is 0 Å².